The summed E-state index contributed by atoms with van der Waals surface area (Å²) in [5.74, 6) is -0.0432. The van der Waals surface area contributed by atoms with Crippen molar-refractivity contribution in [1.29, 1.82) is 0 Å². The van der Waals surface area contributed by atoms with Gasteiger partial charge in [0.2, 0.25) is 0 Å². The normalized spacial score (nSPS) is 23.2. The van der Waals surface area contributed by atoms with Gasteiger partial charge in [0.25, 0.3) is 0 Å². The van der Waals surface area contributed by atoms with Crippen molar-refractivity contribution >= 4 is 23.3 Å². The number of ketones is 2. The van der Waals surface area contributed by atoms with Crippen molar-refractivity contribution in [3.8, 4) is 0 Å². The van der Waals surface area contributed by atoms with Gasteiger partial charge in [0, 0.05) is 18.1 Å². The van der Waals surface area contributed by atoms with Crippen LogP contribution in [-0.2, 0) is 16.0 Å². The minimum Gasteiger partial charge on any atom is -0.299 e. The van der Waals surface area contributed by atoms with E-state index in [4.69, 9.17) is 0 Å². The molecule has 1 aliphatic rings. The first-order chi connectivity index (χ1) is 10.9. The van der Waals surface area contributed by atoms with E-state index >= 15 is 0 Å². The molecule has 0 heterocycles. The van der Waals surface area contributed by atoms with Gasteiger partial charge in [0.1, 0.15) is 17.5 Å². The number of carbonyl (C=O) groups excluding carboxylic acids is 2. The molecule has 0 N–H and O–H groups in total. The number of aryl methyl sites for hydroxylation is 3. The Balaban J connectivity index is 2.29. The number of hydrogen-bond acceptors (Lipinski definition) is 3. The molecule has 0 bridgehead atoms. The molecule has 2 nitrogen and oxygen atoms in total. The molecule has 126 valence electrons. The molecule has 1 aromatic rings. The van der Waals surface area contributed by atoms with Gasteiger partial charge in [-0.05, 0) is 55.6 Å². The lowest BCUT2D eigenvalue weighted by Crippen LogP contribution is -2.33. The Morgan fingerprint density at radius 2 is 1.78 bits per heavy atom. The van der Waals surface area contributed by atoms with Crippen LogP contribution in [-0.4, -0.2) is 23.1 Å². The molecule has 1 atom stereocenters. The van der Waals surface area contributed by atoms with Gasteiger partial charge in [-0.1, -0.05) is 31.5 Å². The molecule has 1 aromatic carbocycles. The molecule has 0 aromatic heterocycles. The number of carbonyl (C=O) groups is 2. The van der Waals surface area contributed by atoms with Gasteiger partial charge in [0.15, 0.2) is 0 Å². The van der Waals surface area contributed by atoms with E-state index in [9.17, 15) is 9.59 Å². The maximum Gasteiger partial charge on any atom is 0.148 e. The Kier molecular flexibility index (Phi) is 6.07. The van der Waals surface area contributed by atoms with Crippen LogP contribution in [0.5, 0.6) is 0 Å². The lowest BCUT2D eigenvalue weighted by atomic mass is 9.73. The topological polar surface area (TPSA) is 34.1 Å². The first-order valence-corrected chi connectivity index (χ1v) is 9.84. The summed E-state index contributed by atoms with van der Waals surface area (Å²) in [6.07, 6.45) is 5.01. The summed E-state index contributed by atoms with van der Waals surface area (Å²) >= 11 is 1.81. The van der Waals surface area contributed by atoms with Crippen LogP contribution in [0.4, 0.5) is 0 Å². The zero-order chi connectivity index (χ0) is 17.1. The molecule has 1 aliphatic carbocycles. The zero-order valence-corrected chi connectivity index (χ0v) is 15.8. The Bertz CT molecular complexity index is 588. The Morgan fingerprint density at radius 1 is 1.17 bits per heavy atom. The molecule has 1 unspecified atom stereocenters. The van der Waals surface area contributed by atoms with Crippen LogP contribution in [0.3, 0.4) is 0 Å². The average Bonchev–Trinajstić information content (AvgIpc) is 2.47. The summed E-state index contributed by atoms with van der Waals surface area (Å²) in [6.45, 7) is 8.37. The van der Waals surface area contributed by atoms with Crippen molar-refractivity contribution in [3.63, 3.8) is 0 Å². The number of benzene rings is 1. The predicted molar refractivity (Wildman–Crippen MR) is 98.4 cm³/mol. The van der Waals surface area contributed by atoms with Crippen molar-refractivity contribution in [2.75, 3.05) is 6.26 Å². The first kappa shape index (κ1) is 18.3. The lowest BCUT2D eigenvalue weighted by Gasteiger charge is -2.30. The summed E-state index contributed by atoms with van der Waals surface area (Å²) in [5, 5.41) is 0.504. The fourth-order valence-electron chi connectivity index (χ4n) is 3.88. The minimum atomic E-state index is -0.522. The Morgan fingerprint density at radius 3 is 2.30 bits per heavy atom. The molecule has 0 saturated heterocycles. The van der Waals surface area contributed by atoms with Crippen molar-refractivity contribution in [1.82, 2.24) is 0 Å². The number of Topliss-reactive ketones (excluding diaryl/α,β-unsaturated/α-hetero) is 2. The van der Waals surface area contributed by atoms with E-state index in [2.05, 4.69) is 39.2 Å². The van der Waals surface area contributed by atoms with Gasteiger partial charge in [0.05, 0.1) is 0 Å². The van der Waals surface area contributed by atoms with Gasteiger partial charge >= 0.3 is 0 Å². The molecule has 3 heteroatoms. The number of thioether (sulfide) groups is 1. The van der Waals surface area contributed by atoms with E-state index in [-0.39, 0.29) is 17.5 Å². The highest BCUT2D eigenvalue weighted by Crippen LogP contribution is 2.37. The van der Waals surface area contributed by atoms with Gasteiger partial charge in [-0.25, -0.2) is 0 Å². The average molecular weight is 333 g/mol. The zero-order valence-electron chi connectivity index (χ0n) is 14.9. The van der Waals surface area contributed by atoms with Crippen LogP contribution in [0.25, 0.3) is 0 Å². The standard InChI is InChI=1S/C20H28O2S/c1-6-16-8-12(2)7-13(3)19(16)20-17(21)10-15(11-18(20)22)9-14(4)23-5/h7-8,14-15,20H,6,9-11H2,1-5H3. The predicted octanol–water partition coefficient (Wildman–Crippen LogP) is 4.64. The third-order valence-electron chi connectivity index (χ3n) is 4.98. The van der Waals surface area contributed by atoms with E-state index < -0.39 is 5.92 Å². The second-order valence-corrected chi connectivity index (χ2v) is 8.21. The third-order valence-corrected chi connectivity index (χ3v) is 5.97. The first-order valence-electron chi connectivity index (χ1n) is 8.55. The third kappa shape index (κ3) is 4.06. The quantitative estimate of drug-likeness (QED) is 0.737. The molecule has 1 saturated carbocycles. The SMILES string of the molecule is CCc1cc(C)cc(C)c1C1C(=O)CC(CC(C)SC)CC1=O. The highest BCUT2D eigenvalue weighted by Gasteiger charge is 2.38. The summed E-state index contributed by atoms with van der Waals surface area (Å²) in [7, 11) is 0. The van der Waals surface area contributed by atoms with Crippen LogP contribution >= 0.6 is 11.8 Å². The maximum absolute atomic E-state index is 12.8. The molecule has 0 aliphatic heterocycles. The largest absolute Gasteiger partial charge is 0.299 e. The smallest absolute Gasteiger partial charge is 0.148 e. The second kappa shape index (κ2) is 7.65. The van der Waals surface area contributed by atoms with Gasteiger partial charge < -0.3 is 0 Å². The van der Waals surface area contributed by atoms with Crippen LogP contribution < -0.4 is 0 Å². The van der Waals surface area contributed by atoms with Gasteiger partial charge in [-0.15, -0.1) is 0 Å². The van der Waals surface area contributed by atoms with Crippen molar-refractivity contribution in [2.24, 2.45) is 5.92 Å². The van der Waals surface area contributed by atoms with Crippen molar-refractivity contribution in [2.45, 2.75) is 64.5 Å². The summed E-state index contributed by atoms with van der Waals surface area (Å²) in [5.41, 5.74) is 4.43. The fraction of sp³-hybridized carbons (Fsp3) is 0.600. The van der Waals surface area contributed by atoms with Crippen molar-refractivity contribution in [3.05, 3.63) is 34.4 Å². The maximum atomic E-state index is 12.8. The monoisotopic (exact) mass is 332 g/mol. The second-order valence-electron chi connectivity index (χ2n) is 6.93. The molecule has 0 amide bonds. The van der Waals surface area contributed by atoms with Crippen molar-refractivity contribution < 1.29 is 9.59 Å². The summed E-state index contributed by atoms with van der Waals surface area (Å²) in [6, 6.07) is 4.22. The molecular formula is C20H28O2S. The van der Waals surface area contributed by atoms with Crippen LogP contribution in [0.15, 0.2) is 12.1 Å². The molecule has 0 spiro atoms. The van der Waals surface area contributed by atoms with E-state index in [0.29, 0.717) is 18.1 Å². The van der Waals surface area contributed by atoms with Crippen LogP contribution in [0, 0.1) is 19.8 Å². The van der Waals surface area contributed by atoms with Crippen LogP contribution in [0.2, 0.25) is 0 Å². The lowest BCUT2D eigenvalue weighted by molar-refractivity contribution is -0.133. The van der Waals surface area contributed by atoms with Crippen LogP contribution in [0.1, 0.15) is 61.3 Å². The van der Waals surface area contributed by atoms with E-state index in [0.717, 1.165) is 29.5 Å². The Hall–Kier alpha value is -1.09. The molecule has 1 fully saturated rings. The molecule has 0 radical (unpaired) electrons. The van der Waals surface area contributed by atoms with Gasteiger partial charge in [-0.3, -0.25) is 9.59 Å². The highest BCUT2D eigenvalue weighted by molar-refractivity contribution is 7.99. The number of hydrogen-bond donors (Lipinski definition) is 0. The molecule has 23 heavy (non-hydrogen) atoms. The highest BCUT2D eigenvalue weighted by atomic mass is 32.2. The van der Waals surface area contributed by atoms with E-state index in [1.54, 1.807) is 11.8 Å². The minimum absolute atomic E-state index is 0.126. The van der Waals surface area contributed by atoms with E-state index in [1.807, 2.05) is 6.92 Å². The molecular weight excluding hydrogens is 304 g/mol. The van der Waals surface area contributed by atoms with E-state index in [1.165, 1.54) is 5.56 Å². The number of rotatable bonds is 5. The Labute approximate surface area is 144 Å². The fourth-order valence-corrected chi connectivity index (χ4v) is 4.35. The molecule has 2 rings (SSSR count). The summed E-state index contributed by atoms with van der Waals surface area (Å²) < 4.78 is 0. The van der Waals surface area contributed by atoms with Gasteiger partial charge in [-0.2, -0.15) is 11.8 Å². The summed E-state index contributed by atoms with van der Waals surface area (Å²) in [4.78, 5) is 25.5.